The third kappa shape index (κ3) is 3.46. The zero-order chi connectivity index (χ0) is 17.2. The summed E-state index contributed by atoms with van der Waals surface area (Å²) in [6.07, 6.45) is 0. The minimum absolute atomic E-state index is 0.122. The number of sulfonamides is 1. The maximum atomic E-state index is 12.8. The zero-order valence-electron chi connectivity index (χ0n) is 12.6. The van der Waals surface area contributed by atoms with Gasteiger partial charge in [0.1, 0.15) is 0 Å². The molecule has 0 atom stereocenters. The summed E-state index contributed by atoms with van der Waals surface area (Å²) in [6.45, 7) is 3.64. The Balaban J connectivity index is 2.55. The third-order valence-corrected chi connectivity index (χ3v) is 5.45. The lowest BCUT2D eigenvalue weighted by Crippen LogP contribution is -2.31. The first-order valence-corrected chi connectivity index (χ1v) is 8.62. The van der Waals surface area contributed by atoms with Crippen molar-refractivity contribution in [3.05, 3.63) is 63.2 Å². The standard InChI is InChI=1S/C15H15ClN2O4S/c1-3-17(15-8-7-12(16)9-11(15)2)23(21,22)14-6-4-5-13(10-14)18(19)20/h4-10H,3H2,1-2H3. The summed E-state index contributed by atoms with van der Waals surface area (Å²) in [5, 5.41) is 11.4. The number of hydrogen-bond donors (Lipinski definition) is 0. The summed E-state index contributed by atoms with van der Waals surface area (Å²) in [6, 6.07) is 9.91. The molecule has 0 amide bonds. The Morgan fingerprint density at radius 1 is 1.22 bits per heavy atom. The lowest BCUT2D eigenvalue weighted by atomic mass is 10.2. The fourth-order valence-electron chi connectivity index (χ4n) is 2.25. The molecule has 2 aromatic carbocycles. The van der Waals surface area contributed by atoms with Gasteiger partial charge in [-0.15, -0.1) is 0 Å². The molecule has 0 N–H and O–H groups in total. The molecule has 23 heavy (non-hydrogen) atoms. The summed E-state index contributed by atoms with van der Waals surface area (Å²) in [5.41, 5.74) is 0.923. The highest BCUT2D eigenvalue weighted by molar-refractivity contribution is 7.92. The highest BCUT2D eigenvalue weighted by Crippen LogP contribution is 2.29. The molecular formula is C15H15ClN2O4S. The van der Waals surface area contributed by atoms with Crippen LogP contribution in [0.4, 0.5) is 11.4 Å². The number of halogens is 1. The Kier molecular flexibility index (Phi) is 4.91. The van der Waals surface area contributed by atoms with Crippen molar-refractivity contribution in [2.45, 2.75) is 18.7 Å². The summed E-state index contributed by atoms with van der Waals surface area (Å²) in [5.74, 6) is 0. The molecule has 122 valence electrons. The van der Waals surface area contributed by atoms with Gasteiger partial charge in [0.05, 0.1) is 15.5 Å². The molecule has 0 radical (unpaired) electrons. The van der Waals surface area contributed by atoms with Crippen molar-refractivity contribution >= 4 is 33.0 Å². The van der Waals surface area contributed by atoms with Crippen LogP contribution < -0.4 is 4.31 Å². The van der Waals surface area contributed by atoms with Gasteiger partial charge in [0.25, 0.3) is 15.7 Å². The largest absolute Gasteiger partial charge is 0.270 e. The Morgan fingerprint density at radius 3 is 2.48 bits per heavy atom. The number of aryl methyl sites for hydroxylation is 1. The number of nitrogens with zero attached hydrogens (tertiary/aromatic N) is 2. The molecule has 2 rings (SSSR count). The van der Waals surface area contributed by atoms with E-state index in [1.165, 1.54) is 22.5 Å². The molecule has 8 heteroatoms. The average Bonchev–Trinajstić information content (AvgIpc) is 2.50. The number of anilines is 1. The lowest BCUT2D eigenvalue weighted by molar-refractivity contribution is -0.385. The fraction of sp³-hybridized carbons (Fsp3) is 0.200. The van der Waals surface area contributed by atoms with E-state index in [4.69, 9.17) is 11.6 Å². The molecule has 0 fully saturated rings. The van der Waals surface area contributed by atoms with E-state index >= 15 is 0 Å². The Bertz CT molecular complexity index is 852. The second-order valence-corrected chi connectivity index (χ2v) is 7.15. The molecule has 0 aliphatic heterocycles. The summed E-state index contributed by atoms with van der Waals surface area (Å²) in [4.78, 5) is 10.1. The highest BCUT2D eigenvalue weighted by atomic mass is 35.5. The van der Waals surface area contributed by atoms with Gasteiger partial charge in [0, 0.05) is 23.7 Å². The van der Waals surface area contributed by atoms with Crippen LogP contribution in [0.25, 0.3) is 0 Å². The molecule has 6 nitrogen and oxygen atoms in total. The maximum absolute atomic E-state index is 12.8. The summed E-state index contributed by atoms with van der Waals surface area (Å²) < 4.78 is 26.9. The van der Waals surface area contributed by atoms with Crippen molar-refractivity contribution < 1.29 is 13.3 Å². The van der Waals surface area contributed by atoms with Gasteiger partial charge in [0.2, 0.25) is 0 Å². The monoisotopic (exact) mass is 354 g/mol. The molecule has 0 heterocycles. The first-order chi connectivity index (χ1) is 10.8. The highest BCUT2D eigenvalue weighted by Gasteiger charge is 2.26. The van der Waals surface area contributed by atoms with Gasteiger partial charge in [-0.2, -0.15) is 0 Å². The molecule has 0 spiro atoms. The first kappa shape index (κ1) is 17.2. The van der Waals surface area contributed by atoms with Crippen LogP contribution >= 0.6 is 11.6 Å². The number of non-ortho nitro benzene ring substituents is 1. The number of nitro benzene ring substituents is 1. The van der Waals surface area contributed by atoms with Gasteiger partial charge < -0.3 is 0 Å². The molecule has 0 aromatic heterocycles. The van der Waals surface area contributed by atoms with Crippen molar-refractivity contribution in [2.75, 3.05) is 10.8 Å². The normalized spacial score (nSPS) is 11.3. The topological polar surface area (TPSA) is 80.5 Å². The van der Waals surface area contributed by atoms with Crippen LogP contribution in [0.2, 0.25) is 5.02 Å². The fourth-order valence-corrected chi connectivity index (χ4v) is 4.06. The van der Waals surface area contributed by atoms with Gasteiger partial charge in [-0.3, -0.25) is 14.4 Å². The molecule has 0 aliphatic rings. The van der Waals surface area contributed by atoms with Gasteiger partial charge >= 0.3 is 0 Å². The van der Waals surface area contributed by atoms with Crippen molar-refractivity contribution in [3.8, 4) is 0 Å². The van der Waals surface area contributed by atoms with Crippen LogP contribution in [0.3, 0.4) is 0 Å². The van der Waals surface area contributed by atoms with Gasteiger partial charge in [-0.1, -0.05) is 17.7 Å². The number of rotatable bonds is 5. The maximum Gasteiger partial charge on any atom is 0.270 e. The molecular weight excluding hydrogens is 340 g/mol. The van der Waals surface area contributed by atoms with E-state index in [9.17, 15) is 18.5 Å². The third-order valence-electron chi connectivity index (χ3n) is 3.33. The van der Waals surface area contributed by atoms with Gasteiger partial charge in [0.15, 0.2) is 0 Å². The van der Waals surface area contributed by atoms with Crippen molar-refractivity contribution in [1.82, 2.24) is 0 Å². The summed E-state index contributed by atoms with van der Waals surface area (Å²) >= 11 is 5.91. The molecule has 0 unspecified atom stereocenters. The number of hydrogen-bond acceptors (Lipinski definition) is 4. The number of benzene rings is 2. The van der Waals surface area contributed by atoms with Crippen LogP contribution in [-0.2, 0) is 10.0 Å². The predicted molar refractivity (Wildman–Crippen MR) is 89.5 cm³/mol. The predicted octanol–water partition coefficient (Wildman–Crippen LogP) is 3.77. The van der Waals surface area contributed by atoms with E-state index in [0.29, 0.717) is 16.3 Å². The van der Waals surface area contributed by atoms with E-state index in [1.54, 1.807) is 32.0 Å². The van der Waals surface area contributed by atoms with E-state index in [0.717, 1.165) is 6.07 Å². The van der Waals surface area contributed by atoms with Crippen LogP contribution in [-0.4, -0.2) is 19.9 Å². The SMILES string of the molecule is CCN(c1ccc(Cl)cc1C)S(=O)(=O)c1cccc([N+](=O)[O-])c1. The second-order valence-electron chi connectivity index (χ2n) is 4.86. The smallest absolute Gasteiger partial charge is 0.266 e. The van der Waals surface area contributed by atoms with Gasteiger partial charge in [-0.25, -0.2) is 8.42 Å². The molecule has 0 saturated heterocycles. The Labute approximate surface area is 139 Å². The van der Waals surface area contributed by atoms with Crippen LogP contribution in [0.1, 0.15) is 12.5 Å². The van der Waals surface area contributed by atoms with Crippen molar-refractivity contribution in [2.24, 2.45) is 0 Å². The first-order valence-electron chi connectivity index (χ1n) is 6.80. The zero-order valence-corrected chi connectivity index (χ0v) is 14.1. The average molecular weight is 355 g/mol. The minimum Gasteiger partial charge on any atom is -0.266 e. The van der Waals surface area contributed by atoms with Crippen LogP contribution in [0.5, 0.6) is 0 Å². The lowest BCUT2D eigenvalue weighted by Gasteiger charge is -2.24. The molecule has 2 aromatic rings. The second kappa shape index (κ2) is 6.55. The van der Waals surface area contributed by atoms with E-state index in [1.807, 2.05) is 0 Å². The Hall–Kier alpha value is -2.12. The van der Waals surface area contributed by atoms with Crippen LogP contribution in [0.15, 0.2) is 47.4 Å². The van der Waals surface area contributed by atoms with Crippen molar-refractivity contribution in [3.63, 3.8) is 0 Å². The van der Waals surface area contributed by atoms with E-state index in [2.05, 4.69) is 0 Å². The molecule has 0 aliphatic carbocycles. The molecule has 0 saturated carbocycles. The quantitative estimate of drug-likeness (QED) is 0.604. The summed E-state index contributed by atoms with van der Waals surface area (Å²) in [7, 11) is -3.91. The Morgan fingerprint density at radius 2 is 1.91 bits per heavy atom. The molecule has 0 bridgehead atoms. The van der Waals surface area contributed by atoms with Crippen LogP contribution in [0, 0.1) is 17.0 Å². The van der Waals surface area contributed by atoms with Gasteiger partial charge in [-0.05, 0) is 43.7 Å². The van der Waals surface area contributed by atoms with Crippen molar-refractivity contribution in [1.29, 1.82) is 0 Å². The number of nitro groups is 1. The minimum atomic E-state index is -3.91. The van der Waals surface area contributed by atoms with E-state index in [-0.39, 0.29) is 17.1 Å². The van der Waals surface area contributed by atoms with E-state index < -0.39 is 14.9 Å².